The number of hydrogen-bond donors (Lipinski definition) is 1. The van der Waals surface area contributed by atoms with E-state index >= 15 is 0 Å². The van der Waals surface area contributed by atoms with Crippen molar-refractivity contribution in [2.45, 2.75) is 38.3 Å². The molecule has 5 heteroatoms. The minimum absolute atomic E-state index is 0.00373. The van der Waals surface area contributed by atoms with Gasteiger partial charge in [0.1, 0.15) is 22.9 Å². The predicted octanol–water partition coefficient (Wildman–Crippen LogP) is 3.80. The molecule has 1 aliphatic rings. The van der Waals surface area contributed by atoms with Crippen LogP contribution in [0.15, 0.2) is 42.5 Å². The molecule has 0 fully saturated rings. The molecule has 1 atom stereocenters. The molecule has 0 bridgehead atoms. The second kappa shape index (κ2) is 6.75. The Hall–Kier alpha value is -2.56. The summed E-state index contributed by atoms with van der Waals surface area (Å²) in [7, 11) is 1.60. The number of ether oxygens (including phenoxy) is 2. The first-order valence-corrected chi connectivity index (χ1v) is 8.28. The molecule has 0 aromatic heterocycles. The lowest BCUT2D eigenvalue weighted by Crippen LogP contribution is -2.41. The van der Waals surface area contributed by atoms with Gasteiger partial charge in [-0.15, -0.1) is 0 Å². The van der Waals surface area contributed by atoms with Gasteiger partial charge in [-0.25, -0.2) is 4.39 Å². The second-order valence-corrected chi connectivity index (χ2v) is 6.86. The smallest absolute Gasteiger partial charge is 0.225 e. The van der Waals surface area contributed by atoms with E-state index in [2.05, 4.69) is 5.32 Å². The van der Waals surface area contributed by atoms with Crippen LogP contribution in [0.4, 0.5) is 4.39 Å². The van der Waals surface area contributed by atoms with E-state index in [0.717, 1.165) is 11.3 Å². The van der Waals surface area contributed by atoms with Gasteiger partial charge in [0, 0.05) is 12.0 Å². The molecule has 0 saturated heterocycles. The Morgan fingerprint density at radius 2 is 2.08 bits per heavy atom. The van der Waals surface area contributed by atoms with E-state index in [0.29, 0.717) is 17.7 Å². The Kier molecular flexibility index (Phi) is 4.66. The molecule has 2 aromatic carbocycles. The summed E-state index contributed by atoms with van der Waals surface area (Å²) in [6.45, 7) is 3.96. The van der Waals surface area contributed by atoms with Crippen molar-refractivity contribution in [3.05, 3.63) is 59.4 Å². The number of carbonyl (C=O) groups excluding carboxylic acids is 1. The highest BCUT2D eigenvalue weighted by Gasteiger charge is 2.34. The van der Waals surface area contributed by atoms with Gasteiger partial charge in [0.2, 0.25) is 5.91 Å². The molecule has 1 aliphatic heterocycles. The lowest BCUT2D eigenvalue weighted by Gasteiger charge is -2.38. The lowest BCUT2D eigenvalue weighted by atomic mass is 9.89. The van der Waals surface area contributed by atoms with E-state index in [1.165, 1.54) is 6.07 Å². The number of fused-ring (bicyclic) bond motifs is 1. The zero-order valence-corrected chi connectivity index (χ0v) is 14.6. The van der Waals surface area contributed by atoms with Crippen LogP contribution < -0.4 is 14.8 Å². The lowest BCUT2D eigenvalue weighted by molar-refractivity contribution is -0.121. The third-order valence-electron chi connectivity index (χ3n) is 4.32. The quantitative estimate of drug-likeness (QED) is 0.919. The van der Waals surface area contributed by atoms with Crippen molar-refractivity contribution >= 4 is 5.91 Å². The summed E-state index contributed by atoms with van der Waals surface area (Å²) >= 11 is 0. The number of hydrogen-bond acceptors (Lipinski definition) is 3. The van der Waals surface area contributed by atoms with Crippen LogP contribution in [0.3, 0.4) is 0 Å². The summed E-state index contributed by atoms with van der Waals surface area (Å²) in [5.41, 5.74) is 0.857. The number of methoxy groups -OCH3 is 1. The van der Waals surface area contributed by atoms with E-state index in [9.17, 15) is 9.18 Å². The molecule has 4 nitrogen and oxygen atoms in total. The van der Waals surface area contributed by atoms with Gasteiger partial charge in [0.25, 0.3) is 0 Å². The number of benzene rings is 2. The highest BCUT2D eigenvalue weighted by atomic mass is 19.1. The second-order valence-electron chi connectivity index (χ2n) is 6.86. The summed E-state index contributed by atoms with van der Waals surface area (Å²) in [6, 6.07) is 11.7. The van der Waals surface area contributed by atoms with E-state index in [1.807, 2.05) is 32.0 Å². The largest absolute Gasteiger partial charge is 0.497 e. The van der Waals surface area contributed by atoms with Crippen LogP contribution in [0.1, 0.15) is 37.4 Å². The van der Waals surface area contributed by atoms with Gasteiger partial charge in [0.05, 0.1) is 19.6 Å². The van der Waals surface area contributed by atoms with Gasteiger partial charge < -0.3 is 14.8 Å². The standard InChI is InChI=1S/C20H22FNO3/c1-20(2)12-17(15-11-14(24-3)8-9-18(15)25-20)22-19(23)10-13-6-4-5-7-16(13)21/h4-9,11,17H,10,12H2,1-3H3,(H,22,23). The predicted molar refractivity (Wildman–Crippen MR) is 93.3 cm³/mol. The molecule has 0 spiro atoms. The molecule has 1 unspecified atom stereocenters. The average Bonchev–Trinajstić information content (AvgIpc) is 2.55. The molecule has 0 aliphatic carbocycles. The van der Waals surface area contributed by atoms with Gasteiger partial charge in [-0.05, 0) is 43.7 Å². The van der Waals surface area contributed by atoms with Crippen molar-refractivity contribution in [2.24, 2.45) is 0 Å². The average molecular weight is 343 g/mol. The van der Waals surface area contributed by atoms with Crippen molar-refractivity contribution < 1.29 is 18.7 Å². The normalized spacial score (nSPS) is 18.0. The van der Waals surface area contributed by atoms with Crippen LogP contribution in [-0.4, -0.2) is 18.6 Å². The number of rotatable bonds is 4. The molecule has 2 aromatic rings. The van der Waals surface area contributed by atoms with Crippen LogP contribution in [0.5, 0.6) is 11.5 Å². The van der Waals surface area contributed by atoms with Gasteiger partial charge in [-0.1, -0.05) is 18.2 Å². The Morgan fingerprint density at radius 3 is 2.80 bits per heavy atom. The SMILES string of the molecule is COc1ccc2c(c1)C(NC(=O)Cc1ccccc1F)CC(C)(C)O2. The molecule has 0 radical (unpaired) electrons. The molecule has 1 heterocycles. The van der Waals surface area contributed by atoms with Crippen molar-refractivity contribution in [2.75, 3.05) is 7.11 Å². The number of nitrogens with one attached hydrogen (secondary N) is 1. The van der Waals surface area contributed by atoms with Crippen LogP contribution in [-0.2, 0) is 11.2 Å². The highest BCUT2D eigenvalue weighted by Crippen LogP contribution is 2.41. The third-order valence-corrected chi connectivity index (χ3v) is 4.32. The molecule has 0 saturated carbocycles. The van der Waals surface area contributed by atoms with Gasteiger partial charge in [-0.2, -0.15) is 0 Å². The van der Waals surface area contributed by atoms with Crippen LogP contribution >= 0.6 is 0 Å². The number of halogens is 1. The topological polar surface area (TPSA) is 47.6 Å². The molecule has 132 valence electrons. The first kappa shape index (κ1) is 17.3. The van der Waals surface area contributed by atoms with Crippen molar-refractivity contribution in [3.63, 3.8) is 0 Å². The summed E-state index contributed by atoms with van der Waals surface area (Å²) in [5.74, 6) is 0.845. The van der Waals surface area contributed by atoms with Crippen LogP contribution in [0.25, 0.3) is 0 Å². The molecule has 3 rings (SSSR count). The molecule has 1 amide bonds. The Bertz CT molecular complexity index is 788. The molecular formula is C20H22FNO3. The third kappa shape index (κ3) is 3.92. The van der Waals surface area contributed by atoms with Crippen molar-refractivity contribution in [3.8, 4) is 11.5 Å². The fourth-order valence-electron chi connectivity index (χ4n) is 3.15. The van der Waals surface area contributed by atoms with E-state index in [-0.39, 0.29) is 24.2 Å². The van der Waals surface area contributed by atoms with Gasteiger partial charge in [0.15, 0.2) is 0 Å². The highest BCUT2D eigenvalue weighted by molar-refractivity contribution is 5.79. The van der Waals surface area contributed by atoms with E-state index in [1.54, 1.807) is 25.3 Å². The minimum Gasteiger partial charge on any atom is -0.497 e. The van der Waals surface area contributed by atoms with Gasteiger partial charge >= 0.3 is 0 Å². The maximum absolute atomic E-state index is 13.8. The number of amides is 1. The summed E-state index contributed by atoms with van der Waals surface area (Å²) < 4.78 is 25.1. The fourth-order valence-corrected chi connectivity index (χ4v) is 3.15. The zero-order valence-electron chi connectivity index (χ0n) is 14.6. The van der Waals surface area contributed by atoms with Gasteiger partial charge in [-0.3, -0.25) is 4.79 Å². The van der Waals surface area contributed by atoms with E-state index < -0.39 is 5.60 Å². The van der Waals surface area contributed by atoms with Crippen molar-refractivity contribution in [1.82, 2.24) is 5.32 Å². The molecular weight excluding hydrogens is 321 g/mol. The zero-order chi connectivity index (χ0) is 18.0. The minimum atomic E-state index is -0.405. The Balaban J connectivity index is 1.82. The Labute approximate surface area is 147 Å². The maximum atomic E-state index is 13.8. The monoisotopic (exact) mass is 343 g/mol. The molecule has 1 N–H and O–H groups in total. The summed E-state index contributed by atoms with van der Waals surface area (Å²) in [5, 5.41) is 3.02. The Morgan fingerprint density at radius 1 is 1.32 bits per heavy atom. The first-order valence-electron chi connectivity index (χ1n) is 8.28. The summed E-state index contributed by atoms with van der Waals surface area (Å²) in [4.78, 5) is 12.5. The van der Waals surface area contributed by atoms with E-state index in [4.69, 9.17) is 9.47 Å². The molecule has 25 heavy (non-hydrogen) atoms. The fraction of sp³-hybridized carbons (Fsp3) is 0.350. The van der Waals surface area contributed by atoms with Crippen molar-refractivity contribution in [1.29, 1.82) is 0 Å². The summed E-state index contributed by atoms with van der Waals surface area (Å²) in [6.07, 6.45) is 0.625. The number of carbonyl (C=O) groups is 1. The maximum Gasteiger partial charge on any atom is 0.225 e. The van der Waals surface area contributed by atoms with Crippen LogP contribution in [0, 0.1) is 5.82 Å². The first-order chi connectivity index (χ1) is 11.9. The van der Waals surface area contributed by atoms with Crippen LogP contribution in [0.2, 0.25) is 0 Å².